The van der Waals surface area contributed by atoms with Crippen LogP contribution in [-0.2, 0) is 20.9 Å². The molecule has 0 spiro atoms. The van der Waals surface area contributed by atoms with Gasteiger partial charge in [0, 0.05) is 5.75 Å². The van der Waals surface area contributed by atoms with E-state index < -0.39 is 11.6 Å². The highest BCUT2D eigenvalue weighted by molar-refractivity contribution is 8.03. The molecule has 2 aromatic rings. The number of aliphatic hydroxyl groups is 1. The minimum absolute atomic E-state index is 0.146. The lowest BCUT2D eigenvalue weighted by molar-refractivity contribution is -0.160. The molecule has 1 heterocycles. The topological polar surface area (TPSA) is 46.5 Å². The number of rotatable bonds is 8. The quantitative estimate of drug-likeness (QED) is 0.442. The van der Waals surface area contributed by atoms with E-state index in [-0.39, 0.29) is 5.76 Å². The van der Waals surface area contributed by atoms with Crippen LogP contribution >= 0.6 is 11.8 Å². The lowest BCUT2D eigenvalue weighted by Gasteiger charge is -2.37. The maximum Gasteiger partial charge on any atom is 0.348 e. The van der Waals surface area contributed by atoms with Gasteiger partial charge in [-0.3, -0.25) is 0 Å². The van der Waals surface area contributed by atoms with E-state index in [0.29, 0.717) is 17.1 Å². The van der Waals surface area contributed by atoms with E-state index in [1.54, 1.807) is 0 Å². The van der Waals surface area contributed by atoms with Crippen molar-refractivity contribution in [3.8, 4) is 0 Å². The highest BCUT2D eigenvalue weighted by atomic mass is 32.2. The van der Waals surface area contributed by atoms with Gasteiger partial charge in [-0.1, -0.05) is 80.4 Å². The lowest BCUT2D eigenvalue weighted by atomic mass is 9.83. The number of hydrogen-bond acceptors (Lipinski definition) is 4. The van der Waals surface area contributed by atoms with Crippen molar-refractivity contribution in [2.45, 2.75) is 50.4 Å². The molecule has 1 N–H and O–H groups in total. The van der Waals surface area contributed by atoms with Gasteiger partial charge in [0.25, 0.3) is 0 Å². The maximum absolute atomic E-state index is 12.8. The molecule has 1 unspecified atom stereocenters. The molecule has 1 aliphatic rings. The minimum atomic E-state index is -0.769. The summed E-state index contributed by atoms with van der Waals surface area (Å²) in [6, 6.07) is 19.7. The van der Waals surface area contributed by atoms with Crippen molar-refractivity contribution in [1.82, 2.24) is 0 Å². The normalized spacial score (nSPS) is 19.8. The summed E-state index contributed by atoms with van der Waals surface area (Å²) in [5.74, 6) is 0.358. The van der Waals surface area contributed by atoms with Gasteiger partial charge in [0.15, 0.2) is 0 Å². The number of benzene rings is 2. The smallest absolute Gasteiger partial charge is 0.348 e. The molecule has 0 amide bonds. The summed E-state index contributed by atoms with van der Waals surface area (Å²) in [4.78, 5) is 13.1. The maximum atomic E-state index is 12.8. The Bertz CT molecular complexity index is 786. The number of unbranched alkanes of at least 4 members (excludes halogenated alkanes) is 2. The van der Waals surface area contributed by atoms with Gasteiger partial charge in [0.2, 0.25) is 0 Å². The molecule has 142 valence electrons. The first-order valence-corrected chi connectivity index (χ1v) is 10.5. The fraction of sp³-hybridized carbons (Fsp3) is 0.348. The Morgan fingerprint density at radius 1 is 1.04 bits per heavy atom. The van der Waals surface area contributed by atoms with Crippen molar-refractivity contribution >= 4 is 17.7 Å². The fourth-order valence-electron chi connectivity index (χ4n) is 3.45. The number of carbonyl (C=O) groups is 1. The molecule has 0 aromatic heterocycles. The molecular weight excluding hydrogens is 356 g/mol. The Balaban J connectivity index is 1.82. The van der Waals surface area contributed by atoms with Crippen molar-refractivity contribution in [3.63, 3.8) is 0 Å². The number of aliphatic hydroxyl groups excluding tert-OH is 1. The predicted molar refractivity (Wildman–Crippen MR) is 110 cm³/mol. The first kappa shape index (κ1) is 19.6. The Hall–Kier alpha value is -2.20. The molecule has 3 rings (SSSR count). The van der Waals surface area contributed by atoms with E-state index in [4.69, 9.17) is 4.74 Å². The van der Waals surface area contributed by atoms with Crippen LogP contribution in [0.3, 0.4) is 0 Å². The van der Waals surface area contributed by atoms with Crippen molar-refractivity contribution in [3.05, 3.63) is 82.5 Å². The number of hydrogen-bond donors (Lipinski definition) is 1. The molecule has 4 heteroatoms. The van der Waals surface area contributed by atoms with Gasteiger partial charge in [-0.05, 0) is 24.0 Å². The first-order chi connectivity index (χ1) is 13.1. The van der Waals surface area contributed by atoms with Crippen LogP contribution in [0.1, 0.15) is 50.2 Å². The van der Waals surface area contributed by atoms with Crippen molar-refractivity contribution in [2.24, 2.45) is 0 Å². The molecule has 1 aliphatic heterocycles. The molecule has 1 atom stereocenters. The predicted octanol–water partition coefficient (Wildman–Crippen LogP) is 6.11. The average molecular weight is 383 g/mol. The molecule has 0 saturated heterocycles. The van der Waals surface area contributed by atoms with E-state index in [2.05, 4.69) is 6.92 Å². The summed E-state index contributed by atoms with van der Waals surface area (Å²) in [7, 11) is 0. The zero-order chi connectivity index (χ0) is 19.1. The standard InChI is InChI=1S/C23H26O3S/c1-2-3-10-15-23(19-13-8-5-9-14-19)16-20(24)21(22(25)26-23)27-17-18-11-6-4-7-12-18/h4-9,11-14,24H,2-3,10,15-17H2,1H3. The first-order valence-electron chi connectivity index (χ1n) is 9.52. The van der Waals surface area contributed by atoms with Crippen LogP contribution < -0.4 is 0 Å². The fourth-order valence-corrected chi connectivity index (χ4v) is 4.35. The van der Waals surface area contributed by atoms with Crippen molar-refractivity contribution in [2.75, 3.05) is 0 Å². The largest absolute Gasteiger partial charge is 0.511 e. The van der Waals surface area contributed by atoms with Gasteiger partial charge in [0.1, 0.15) is 16.3 Å². The van der Waals surface area contributed by atoms with Crippen LogP contribution in [0.15, 0.2) is 71.3 Å². The van der Waals surface area contributed by atoms with Crippen molar-refractivity contribution < 1.29 is 14.6 Å². The second-order valence-corrected chi connectivity index (χ2v) is 7.92. The molecular formula is C23H26O3S. The van der Waals surface area contributed by atoms with Crippen LogP contribution in [0, 0.1) is 0 Å². The van der Waals surface area contributed by atoms with Crippen LogP contribution in [0.5, 0.6) is 0 Å². The Morgan fingerprint density at radius 2 is 1.70 bits per heavy atom. The van der Waals surface area contributed by atoms with E-state index in [9.17, 15) is 9.90 Å². The van der Waals surface area contributed by atoms with Gasteiger partial charge in [-0.25, -0.2) is 4.79 Å². The number of cyclic esters (lactones) is 1. The molecule has 0 radical (unpaired) electrons. The monoisotopic (exact) mass is 382 g/mol. The molecule has 0 fully saturated rings. The van der Waals surface area contributed by atoms with Crippen LogP contribution in [0.4, 0.5) is 0 Å². The van der Waals surface area contributed by atoms with E-state index >= 15 is 0 Å². The average Bonchev–Trinajstić information content (AvgIpc) is 2.69. The van der Waals surface area contributed by atoms with E-state index in [1.807, 2.05) is 60.7 Å². The number of carbonyl (C=O) groups excluding carboxylic acids is 1. The van der Waals surface area contributed by atoms with E-state index in [0.717, 1.165) is 36.8 Å². The van der Waals surface area contributed by atoms with E-state index in [1.165, 1.54) is 11.8 Å². The molecule has 0 saturated carbocycles. The molecule has 3 nitrogen and oxygen atoms in total. The number of ether oxygens (including phenoxy) is 1. The lowest BCUT2D eigenvalue weighted by Crippen LogP contribution is -2.37. The summed E-state index contributed by atoms with van der Waals surface area (Å²) >= 11 is 1.35. The SMILES string of the molecule is CCCCCC1(c2ccccc2)CC(O)=C(SCc2ccccc2)C(=O)O1. The molecule has 0 aliphatic carbocycles. The van der Waals surface area contributed by atoms with Gasteiger partial charge < -0.3 is 9.84 Å². The minimum Gasteiger partial charge on any atom is -0.511 e. The second-order valence-electron chi connectivity index (χ2n) is 6.93. The number of esters is 1. The summed E-state index contributed by atoms with van der Waals surface area (Å²) in [6.07, 6.45) is 4.18. The highest BCUT2D eigenvalue weighted by Crippen LogP contribution is 2.44. The van der Waals surface area contributed by atoms with Gasteiger partial charge in [-0.15, -0.1) is 11.8 Å². The van der Waals surface area contributed by atoms with Crippen LogP contribution in [0.25, 0.3) is 0 Å². The summed E-state index contributed by atoms with van der Waals surface area (Å²) in [6.45, 7) is 2.15. The van der Waals surface area contributed by atoms with Gasteiger partial charge in [-0.2, -0.15) is 0 Å². The molecule has 2 aromatic carbocycles. The number of thioether (sulfide) groups is 1. The Labute approximate surface area is 165 Å². The molecule has 27 heavy (non-hydrogen) atoms. The Kier molecular flexibility index (Phi) is 6.62. The second kappa shape index (κ2) is 9.14. The van der Waals surface area contributed by atoms with Gasteiger partial charge >= 0.3 is 5.97 Å². The van der Waals surface area contributed by atoms with Crippen LogP contribution in [0.2, 0.25) is 0 Å². The third-order valence-electron chi connectivity index (χ3n) is 4.90. The zero-order valence-corrected chi connectivity index (χ0v) is 16.5. The summed E-state index contributed by atoms with van der Waals surface area (Å²) in [5, 5.41) is 10.7. The third kappa shape index (κ3) is 4.75. The zero-order valence-electron chi connectivity index (χ0n) is 15.7. The summed E-state index contributed by atoms with van der Waals surface area (Å²) in [5.41, 5.74) is 1.29. The summed E-state index contributed by atoms with van der Waals surface area (Å²) < 4.78 is 6.00. The van der Waals surface area contributed by atoms with Crippen LogP contribution in [-0.4, -0.2) is 11.1 Å². The van der Waals surface area contributed by atoms with Gasteiger partial charge in [0.05, 0.1) is 6.42 Å². The molecule has 0 bridgehead atoms. The Morgan fingerprint density at radius 3 is 2.33 bits per heavy atom. The highest BCUT2D eigenvalue weighted by Gasteiger charge is 2.43. The van der Waals surface area contributed by atoms with Crippen molar-refractivity contribution in [1.29, 1.82) is 0 Å². The third-order valence-corrected chi connectivity index (χ3v) is 6.07.